The first kappa shape index (κ1) is 13.5. The molecule has 1 amide bonds. The summed E-state index contributed by atoms with van der Waals surface area (Å²) in [5, 5.41) is 6.15. The van der Waals surface area contributed by atoms with Crippen LogP contribution in [0.5, 0.6) is 5.75 Å². The van der Waals surface area contributed by atoms with Crippen LogP contribution >= 0.6 is 0 Å². The van der Waals surface area contributed by atoms with Crippen molar-refractivity contribution >= 4 is 11.6 Å². The highest BCUT2D eigenvalue weighted by molar-refractivity contribution is 5.83. The zero-order valence-electron chi connectivity index (χ0n) is 11.9. The van der Waals surface area contributed by atoms with E-state index in [0.29, 0.717) is 13.1 Å². The molecule has 0 aromatic heterocycles. The first-order valence-corrected chi connectivity index (χ1v) is 7.05. The zero-order valence-corrected chi connectivity index (χ0v) is 11.9. The summed E-state index contributed by atoms with van der Waals surface area (Å²) < 4.78 is 5.76. The summed E-state index contributed by atoms with van der Waals surface area (Å²) in [4.78, 5) is 12.2. The molecule has 108 valence electrons. The molecule has 2 aromatic carbocycles. The molecule has 4 heteroatoms. The Morgan fingerprint density at radius 2 is 2.10 bits per heavy atom. The van der Waals surface area contributed by atoms with Gasteiger partial charge in [-0.05, 0) is 30.2 Å². The van der Waals surface area contributed by atoms with Crippen LogP contribution in [0.15, 0.2) is 48.5 Å². The predicted octanol–water partition coefficient (Wildman–Crippen LogP) is 2.48. The average Bonchev–Trinajstić information content (AvgIpc) is 2.53. The molecule has 0 unspecified atom stereocenters. The number of benzene rings is 2. The summed E-state index contributed by atoms with van der Waals surface area (Å²) >= 11 is 0. The molecule has 0 aliphatic carbocycles. The molecule has 0 bridgehead atoms. The number of hydrogen-bond donors (Lipinski definition) is 2. The van der Waals surface area contributed by atoms with Crippen molar-refractivity contribution in [2.45, 2.75) is 19.6 Å². The second-order valence-electron chi connectivity index (χ2n) is 5.19. The third kappa shape index (κ3) is 3.16. The van der Waals surface area contributed by atoms with Crippen LogP contribution in [0.1, 0.15) is 11.1 Å². The fourth-order valence-electron chi connectivity index (χ4n) is 2.33. The Hall–Kier alpha value is -2.49. The molecular weight excluding hydrogens is 264 g/mol. The van der Waals surface area contributed by atoms with Gasteiger partial charge in [-0.1, -0.05) is 36.4 Å². The van der Waals surface area contributed by atoms with E-state index >= 15 is 0 Å². The number of rotatable bonds is 3. The lowest BCUT2D eigenvalue weighted by Crippen LogP contribution is -2.44. The molecule has 2 aromatic rings. The molecule has 1 aliphatic rings. The minimum absolute atomic E-state index is 0.0995. The highest BCUT2D eigenvalue weighted by Crippen LogP contribution is 2.29. The van der Waals surface area contributed by atoms with E-state index in [9.17, 15) is 4.79 Å². The van der Waals surface area contributed by atoms with Crippen molar-refractivity contribution in [3.63, 3.8) is 0 Å². The summed E-state index contributed by atoms with van der Waals surface area (Å²) in [6, 6.07) is 15.7. The molecule has 0 radical (unpaired) electrons. The monoisotopic (exact) mass is 282 g/mol. The van der Waals surface area contributed by atoms with Gasteiger partial charge in [-0.15, -0.1) is 0 Å². The second-order valence-corrected chi connectivity index (χ2v) is 5.19. The van der Waals surface area contributed by atoms with Crippen molar-refractivity contribution in [2.24, 2.45) is 0 Å². The lowest BCUT2D eigenvalue weighted by Gasteiger charge is -2.26. The number of carbonyl (C=O) groups excluding carboxylic acids is 1. The molecule has 21 heavy (non-hydrogen) atoms. The maximum atomic E-state index is 12.2. The minimum Gasteiger partial charge on any atom is -0.477 e. The number of ether oxygens (including phenoxy) is 1. The fourth-order valence-corrected chi connectivity index (χ4v) is 2.33. The second kappa shape index (κ2) is 5.87. The van der Waals surface area contributed by atoms with Crippen LogP contribution in [0.25, 0.3) is 0 Å². The van der Waals surface area contributed by atoms with Gasteiger partial charge >= 0.3 is 0 Å². The maximum Gasteiger partial charge on any atom is 0.263 e. The van der Waals surface area contributed by atoms with Gasteiger partial charge in [0.2, 0.25) is 0 Å². The maximum absolute atomic E-state index is 12.2. The normalized spacial score (nSPS) is 16.3. The highest BCUT2D eigenvalue weighted by Gasteiger charge is 2.25. The summed E-state index contributed by atoms with van der Waals surface area (Å²) in [6.45, 7) is 3.03. The molecule has 4 nitrogen and oxygen atoms in total. The topological polar surface area (TPSA) is 50.4 Å². The highest BCUT2D eigenvalue weighted by atomic mass is 16.5. The Morgan fingerprint density at radius 3 is 2.90 bits per heavy atom. The number of nitrogens with one attached hydrogen (secondary N) is 2. The van der Waals surface area contributed by atoms with E-state index in [1.165, 1.54) is 0 Å². The van der Waals surface area contributed by atoms with Crippen LogP contribution in [0.4, 0.5) is 5.69 Å². The van der Waals surface area contributed by atoms with Gasteiger partial charge < -0.3 is 15.4 Å². The van der Waals surface area contributed by atoms with Crippen molar-refractivity contribution in [3.05, 3.63) is 59.7 Å². The molecule has 0 spiro atoms. The van der Waals surface area contributed by atoms with Crippen molar-refractivity contribution < 1.29 is 9.53 Å². The van der Waals surface area contributed by atoms with Gasteiger partial charge in [0.15, 0.2) is 6.10 Å². The Labute approximate surface area is 124 Å². The third-order valence-electron chi connectivity index (χ3n) is 3.48. The summed E-state index contributed by atoms with van der Waals surface area (Å²) in [5.74, 6) is 0.629. The zero-order chi connectivity index (χ0) is 14.7. The molecule has 1 aliphatic heterocycles. The molecular formula is C17H18N2O2. The van der Waals surface area contributed by atoms with E-state index in [2.05, 4.69) is 10.6 Å². The van der Waals surface area contributed by atoms with E-state index < -0.39 is 6.10 Å². The predicted molar refractivity (Wildman–Crippen MR) is 82.4 cm³/mol. The summed E-state index contributed by atoms with van der Waals surface area (Å²) in [5.41, 5.74) is 3.18. The molecule has 2 N–H and O–H groups in total. The minimum atomic E-state index is -0.496. The van der Waals surface area contributed by atoms with Crippen LogP contribution in [0, 0.1) is 6.92 Å². The third-order valence-corrected chi connectivity index (χ3v) is 3.48. The number of fused-ring (bicyclic) bond motifs is 1. The standard InChI is InChI=1S/C17H18N2O2/c1-12-7-8-15-14(9-12)18-11-16(21-15)17(20)19-10-13-5-3-2-4-6-13/h2-9,16,18H,10-11H2,1H3,(H,19,20)/t16-/m1/s1. The number of hydrogen-bond acceptors (Lipinski definition) is 3. The van der Waals surface area contributed by atoms with Crippen LogP contribution in [-0.2, 0) is 11.3 Å². The van der Waals surface area contributed by atoms with Gasteiger partial charge in [0.05, 0.1) is 12.2 Å². The Bertz CT molecular complexity index is 640. The largest absolute Gasteiger partial charge is 0.477 e. The van der Waals surface area contributed by atoms with Gasteiger partial charge in [-0.25, -0.2) is 0 Å². The lowest BCUT2D eigenvalue weighted by atomic mass is 10.1. The smallest absolute Gasteiger partial charge is 0.263 e. The van der Waals surface area contributed by atoms with Gasteiger partial charge in [-0.3, -0.25) is 4.79 Å². The molecule has 1 heterocycles. The summed E-state index contributed by atoms with van der Waals surface area (Å²) in [6.07, 6.45) is -0.496. The van der Waals surface area contributed by atoms with Gasteiger partial charge in [0, 0.05) is 6.54 Å². The van der Waals surface area contributed by atoms with Crippen LogP contribution in [0.3, 0.4) is 0 Å². The fraction of sp³-hybridized carbons (Fsp3) is 0.235. The molecule has 0 fully saturated rings. The Morgan fingerprint density at radius 1 is 1.29 bits per heavy atom. The van der Waals surface area contributed by atoms with Crippen molar-refractivity contribution in [2.75, 3.05) is 11.9 Å². The molecule has 0 saturated carbocycles. The van der Waals surface area contributed by atoms with E-state index in [-0.39, 0.29) is 5.91 Å². The lowest BCUT2D eigenvalue weighted by molar-refractivity contribution is -0.127. The molecule has 3 rings (SSSR count). The van der Waals surface area contributed by atoms with E-state index in [1.54, 1.807) is 0 Å². The Kier molecular flexibility index (Phi) is 3.77. The Balaban J connectivity index is 1.60. The van der Waals surface area contributed by atoms with Gasteiger partial charge in [0.1, 0.15) is 5.75 Å². The number of aryl methyl sites for hydroxylation is 1. The van der Waals surface area contributed by atoms with Crippen molar-refractivity contribution in [1.29, 1.82) is 0 Å². The molecule has 1 atom stereocenters. The number of anilines is 1. The van der Waals surface area contributed by atoms with Crippen molar-refractivity contribution in [3.8, 4) is 5.75 Å². The van der Waals surface area contributed by atoms with Crippen LogP contribution in [0.2, 0.25) is 0 Å². The first-order chi connectivity index (χ1) is 10.2. The first-order valence-electron chi connectivity index (χ1n) is 7.05. The number of carbonyl (C=O) groups is 1. The van der Waals surface area contributed by atoms with E-state index in [1.807, 2.05) is 55.5 Å². The average molecular weight is 282 g/mol. The van der Waals surface area contributed by atoms with E-state index in [4.69, 9.17) is 4.74 Å². The molecule has 0 saturated heterocycles. The van der Waals surface area contributed by atoms with Crippen molar-refractivity contribution in [1.82, 2.24) is 5.32 Å². The quantitative estimate of drug-likeness (QED) is 0.909. The SMILES string of the molecule is Cc1ccc2c(c1)NC[C@H](C(=O)NCc1ccccc1)O2. The van der Waals surface area contributed by atoms with Gasteiger partial charge in [-0.2, -0.15) is 0 Å². The summed E-state index contributed by atoms with van der Waals surface area (Å²) in [7, 11) is 0. The van der Waals surface area contributed by atoms with Crippen LogP contribution < -0.4 is 15.4 Å². The van der Waals surface area contributed by atoms with E-state index in [0.717, 1.165) is 22.6 Å². The number of amides is 1. The van der Waals surface area contributed by atoms with Crippen LogP contribution in [-0.4, -0.2) is 18.6 Å². The van der Waals surface area contributed by atoms with Gasteiger partial charge in [0.25, 0.3) is 5.91 Å².